The monoisotopic (exact) mass is 297 g/mol. The van der Waals surface area contributed by atoms with Crippen molar-refractivity contribution in [3.63, 3.8) is 0 Å². The molecule has 10 heteroatoms. The molecule has 3 heterocycles. The molecule has 1 aliphatic rings. The zero-order valence-electron chi connectivity index (χ0n) is 9.99. The molecule has 2 aromatic rings. The number of nitrogen functional groups attached to an aromatic ring is 1. The van der Waals surface area contributed by atoms with E-state index >= 15 is 0 Å². The average Bonchev–Trinajstić information content (AvgIpc) is 2.94. The Morgan fingerprint density at radius 2 is 2.05 bits per heavy atom. The smallest absolute Gasteiger partial charge is 0.189 e. The Morgan fingerprint density at radius 1 is 1.30 bits per heavy atom. The van der Waals surface area contributed by atoms with Crippen LogP contribution in [-0.2, 0) is 4.74 Å². The fraction of sp³-hybridized carbons (Fsp3) is 0.400. The summed E-state index contributed by atoms with van der Waals surface area (Å²) in [6.45, 7) is 0. The maximum atomic E-state index is 10.0. The van der Waals surface area contributed by atoms with Gasteiger partial charge in [-0.05, 0) is 12.2 Å². The van der Waals surface area contributed by atoms with Gasteiger partial charge in [0.05, 0.1) is 6.33 Å². The lowest BCUT2D eigenvalue weighted by Gasteiger charge is -2.16. The second kappa shape index (κ2) is 4.59. The van der Waals surface area contributed by atoms with Crippen molar-refractivity contribution in [2.24, 2.45) is 0 Å². The summed E-state index contributed by atoms with van der Waals surface area (Å²) in [6.07, 6.45) is -2.16. The zero-order chi connectivity index (χ0) is 14.4. The largest absolute Gasteiger partial charge is 0.500 e. The Bertz CT molecular complexity index is 677. The molecule has 4 atom stereocenters. The van der Waals surface area contributed by atoms with Gasteiger partial charge in [-0.15, -0.1) is 0 Å². The molecule has 106 valence electrons. The number of nitrogens with two attached hydrogens (primary N) is 1. The van der Waals surface area contributed by atoms with E-state index in [0.29, 0.717) is 11.2 Å². The topological polar surface area (TPSA) is 140 Å². The summed E-state index contributed by atoms with van der Waals surface area (Å²) in [5.74, 6) is 0.191. The molecule has 1 aliphatic heterocycles. The maximum absolute atomic E-state index is 10.0. The molecule has 1 fully saturated rings. The lowest BCUT2D eigenvalue weighted by atomic mass is 10.1. The predicted octanol–water partition coefficient (Wildman–Crippen LogP) is -1.09. The van der Waals surface area contributed by atoms with Gasteiger partial charge in [0.1, 0.15) is 24.1 Å². The Balaban J connectivity index is 2.04. The lowest BCUT2D eigenvalue weighted by molar-refractivity contribution is -0.0231. The van der Waals surface area contributed by atoms with Gasteiger partial charge in [-0.2, -0.15) is 0 Å². The molecule has 5 N–H and O–H groups in total. The van der Waals surface area contributed by atoms with Gasteiger partial charge in [0.2, 0.25) is 0 Å². The van der Waals surface area contributed by atoms with Crippen molar-refractivity contribution in [1.82, 2.24) is 19.5 Å². The molecule has 0 saturated carbocycles. The summed E-state index contributed by atoms with van der Waals surface area (Å²) in [5.41, 5.74) is 6.37. The third-order valence-electron chi connectivity index (χ3n) is 3.14. The lowest BCUT2D eigenvalue weighted by Crippen LogP contribution is -2.35. The second-order valence-electron chi connectivity index (χ2n) is 4.35. The van der Waals surface area contributed by atoms with E-state index < -0.39 is 29.6 Å². The van der Waals surface area contributed by atoms with Gasteiger partial charge in [0.15, 0.2) is 28.8 Å². The number of anilines is 1. The van der Waals surface area contributed by atoms with Crippen molar-refractivity contribution in [3.8, 4) is 0 Å². The molecule has 2 aromatic heterocycles. The summed E-state index contributed by atoms with van der Waals surface area (Å²) in [6, 6.07) is 0. The molecular weight excluding hydrogens is 286 g/mol. The number of rotatable bonds is 2. The van der Waals surface area contributed by atoms with Crippen molar-refractivity contribution >= 4 is 34.3 Å². The minimum absolute atomic E-state index is 0.191. The number of imidazole rings is 1. The number of fused-ring (bicyclic) bond motifs is 1. The molecule has 0 aliphatic carbocycles. The summed E-state index contributed by atoms with van der Waals surface area (Å²) >= 11 is 4.57. The number of hydrogen-bond acceptors (Lipinski definition) is 8. The van der Waals surface area contributed by atoms with Gasteiger partial charge < -0.3 is 25.8 Å². The Morgan fingerprint density at radius 3 is 2.70 bits per heavy atom. The van der Waals surface area contributed by atoms with Gasteiger partial charge in [0, 0.05) is 0 Å². The molecule has 0 spiro atoms. The second-order valence-corrected chi connectivity index (χ2v) is 4.77. The van der Waals surface area contributed by atoms with Crippen molar-refractivity contribution in [2.75, 3.05) is 5.73 Å². The van der Waals surface area contributed by atoms with E-state index in [1.807, 2.05) is 0 Å². The molecular formula is C10H11N5O4S. The van der Waals surface area contributed by atoms with Gasteiger partial charge in [-0.1, -0.05) is 0 Å². The normalized spacial score (nSPS) is 29.9. The number of hydrogen-bond donors (Lipinski definition) is 4. The van der Waals surface area contributed by atoms with Crippen LogP contribution < -0.4 is 5.73 Å². The van der Waals surface area contributed by atoms with Crippen LogP contribution in [0.15, 0.2) is 12.7 Å². The van der Waals surface area contributed by atoms with Crippen molar-refractivity contribution in [2.45, 2.75) is 24.5 Å². The Labute approximate surface area is 117 Å². The number of thiocarbonyl (C=S) groups is 1. The quantitative estimate of drug-likeness (QED) is 0.509. The maximum Gasteiger partial charge on any atom is 0.189 e. The van der Waals surface area contributed by atoms with E-state index in [9.17, 15) is 15.3 Å². The highest BCUT2D eigenvalue weighted by Crippen LogP contribution is 2.32. The van der Waals surface area contributed by atoms with Gasteiger partial charge in [0.25, 0.3) is 0 Å². The van der Waals surface area contributed by atoms with Crippen LogP contribution in [0.25, 0.3) is 11.2 Å². The van der Waals surface area contributed by atoms with Crippen LogP contribution in [0.3, 0.4) is 0 Å². The molecule has 3 rings (SSSR count). The summed E-state index contributed by atoms with van der Waals surface area (Å²) in [4.78, 5) is 11.9. The first-order valence-electron chi connectivity index (χ1n) is 5.68. The van der Waals surface area contributed by atoms with Crippen LogP contribution in [0.1, 0.15) is 6.23 Å². The van der Waals surface area contributed by atoms with Crippen molar-refractivity contribution in [1.29, 1.82) is 0 Å². The molecule has 0 radical (unpaired) electrons. The average molecular weight is 297 g/mol. The van der Waals surface area contributed by atoms with Crippen molar-refractivity contribution < 1.29 is 20.1 Å². The number of aromatic nitrogens is 4. The highest BCUT2D eigenvalue weighted by atomic mass is 32.1. The molecule has 0 amide bonds. The third kappa shape index (κ3) is 1.81. The first kappa shape index (κ1) is 13.1. The number of aliphatic hydroxyl groups excluding tert-OH is 3. The van der Waals surface area contributed by atoms with Gasteiger partial charge >= 0.3 is 0 Å². The Hall–Kier alpha value is -1.88. The number of ether oxygens (including phenoxy) is 1. The minimum atomic E-state index is -1.34. The van der Waals surface area contributed by atoms with Crippen LogP contribution >= 0.6 is 12.2 Å². The number of nitrogens with zero attached hydrogens (tertiary/aromatic N) is 4. The van der Waals surface area contributed by atoms with E-state index in [4.69, 9.17) is 10.5 Å². The SMILES string of the molecule is Nc1ncnc2c1ncn2[C@@H]1O[C@H](C(O)=S)[C@@H](O)[C@H]1O. The highest BCUT2D eigenvalue weighted by Gasteiger charge is 2.46. The molecule has 1 saturated heterocycles. The van der Waals surface area contributed by atoms with Gasteiger partial charge in [-0.3, -0.25) is 4.57 Å². The molecule has 20 heavy (non-hydrogen) atoms. The van der Waals surface area contributed by atoms with E-state index in [1.54, 1.807) is 0 Å². The molecule has 0 bridgehead atoms. The summed E-state index contributed by atoms with van der Waals surface area (Å²) < 4.78 is 6.77. The van der Waals surface area contributed by atoms with Crippen LogP contribution in [0, 0.1) is 0 Å². The van der Waals surface area contributed by atoms with Crippen LogP contribution in [0.5, 0.6) is 0 Å². The van der Waals surface area contributed by atoms with Gasteiger partial charge in [-0.25, -0.2) is 15.0 Å². The fourth-order valence-electron chi connectivity index (χ4n) is 2.15. The van der Waals surface area contributed by atoms with Crippen LogP contribution in [0.2, 0.25) is 0 Å². The van der Waals surface area contributed by atoms with Crippen molar-refractivity contribution in [3.05, 3.63) is 12.7 Å². The zero-order valence-corrected chi connectivity index (χ0v) is 10.8. The van der Waals surface area contributed by atoms with E-state index in [2.05, 4.69) is 27.2 Å². The van der Waals surface area contributed by atoms with E-state index in [-0.39, 0.29) is 5.82 Å². The van der Waals surface area contributed by atoms with Crippen LogP contribution in [0.4, 0.5) is 5.82 Å². The minimum Gasteiger partial charge on any atom is -0.500 e. The Kier molecular flexibility index (Phi) is 3.01. The summed E-state index contributed by atoms with van der Waals surface area (Å²) in [7, 11) is 0. The first-order valence-corrected chi connectivity index (χ1v) is 6.09. The van der Waals surface area contributed by atoms with Crippen LogP contribution in [-0.4, -0.2) is 58.2 Å². The first-order chi connectivity index (χ1) is 9.50. The molecule has 9 nitrogen and oxygen atoms in total. The third-order valence-corrected chi connectivity index (χ3v) is 3.38. The standard InChI is InChI=1S/C10H11N5O4S/c11-7-3-8(13-1-12-7)15(2-14-3)9-5(17)4(16)6(19-9)10(18)20/h1-2,4-6,9,16-17H,(H,18,20)(H2,11,12,13)/t4-,5+,6-,9+/m0/s1. The summed E-state index contributed by atoms with van der Waals surface area (Å²) in [5, 5.41) is 28.6. The highest BCUT2D eigenvalue weighted by molar-refractivity contribution is 7.80. The number of aliphatic hydroxyl groups is 3. The van der Waals surface area contributed by atoms with E-state index in [0.717, 1.165) is 0 Å². The molecule has 0 aromatic carbocycles. The molecule has 0 unspecified atom stereocenters. The predicted molar refractivity (Wildman–Crippen MR) is 70.9 cm³/mol. The van der Waals surface area contributed by atoms with E-state index in [1.165, 1.54) is 17.2 Å². The fourth-order valence-corrected chi connectivity index (χ4v) is 2.34.